The Bertz CT molecular complexity index is 464. The molecule has 2 aromatic rings. The summed E-state index contributed by atoms with van der Waals surface area (Å²) < 4.78 is 6.70. The number of hydrogen-bond acceptors (Lipinski definition) is 3. The molecular weight excluding hydrogens is 218 g/mol. The van der Waals surface area contributed by atoms with E-state index in [0.717, 1.165) is 17.7 Å². The Morgan fingerprint density at radius 2 is 2.19 bits per heavy atom. The largest absolute Gasteiger partial charge is 0.495 e. The molecule has 2 rings (SSSR count). The zero-order chi connectivity index (χ0) is 11.4. The lowest BCUT2D eigenvalue weighted by atomic mass is 10.1. The molecule has 3 heteroatoms. The molecular formula is C13H17NOS. The number of methoxy groups -OCH3 is 1. The minimum atomic E-state index is 1.02. The van der Waals surface area contributed by atoms with Gasteiger partial charge in [-0.15, -0.1) is 11.3 Å². The van der Waals surface area contributed by atoms with E-state index in [1.807, 2.05) is 5.51 Å². The van der Waals surface area contributed by atoms with Gasteiger partial charge < -0.3 is 4.74 Å². The molecule has 0 saturated carbocycles. The number of thiazole rings is 1. The molecule has 0 N–H and O–H groups in total. The first kappa shape index (κ1) is 11.4. The van der Waals surface area contributed by atoms with Crippen LogP contribution in [0.4, 0.5) is 0 Å². The first-order valence-electron chi connectivity index (χ1n) is 5.76. The highest BCUT2D eigenvalue weighted by Crippen LogP contribution is 2.33. The second kappa shape index (κ2) is 5.30. The van der Waals surface area contributed by atoms with Crippen LogP contribution in [0.25, 0.3) is 10.2 Å². The highest BCUT2D eigenvalue weighted by molar-refractivity contribution is 7.17. The van der Waals surface area contributed by atoms with E-state index in [-0.39, 0.29) is 0 Å². The molecule has 0 atom stereocenters. The fraction of sp³-hybridized carbons (Fsp3) is 0.462. The van der Waals surface area contributed by atoms with Crippen molar-refractivity contribution in [2.45, 2.75) is 32.6 Å². The van der Waals surface area contributed by atoms with E-state index in [1.165, 1.54) is 29.5 Å². The Morgan fingerprint density at radius 3 is 2.94 bits per heavy atom. The van der Waals surface area contributed by atoms with Crippen LogP contribution in [-0.4, -0.2) is 12.1 Å². The quantitative estimate of drug-likeness (QED) is 0.730. The summed E-state index contributed by atoms with van der Waals surface area (Å²) in [6.45, 7) is 2.23. The lowest BCUT2D eigenvalue weighted by Crippen LogP contribution is -1.92. The highest BCUT2D eigenvalue weighted by atomic mass is 32.1. The number of benzene rings is 1. The van der Waals surface area contributed by atoms with E-state index in [0.29, 0.717) is 0 Å². The van der Waals surface area contributed by atoms with Crippen LogP contribution in [0, 0.1) is 0 Å². The number of aromatic nitrogens is 1. The number of unbranched alkanes of at least 4 members (excludes halogenated alkanes) is 2. The van der Waals surface area contributed by atoms with Gasteiger partial charge in [0.2, 0.25) is 0 Å². The van der Waals surface area contributed by atoms with Crippen LogP contribution in [-0.2, 0) is 6.42 Å². The molecule has 0 radical (unpaired) electrons. The predicted octanol–water partition coefficient (Wildman–Crippen LogP) is 4.04. The third kappa shape index (κ3) is 2.19. The van der Waals surface area contributed by atoms with Crippen molar-refractivity contribution in [2.75, 3.05) is 7.11 Å². The lowest BCUT2D eigenvalue weighted by Gasteiger charge is -2.08. The molecule has 1 aromatic carbocycles. The van der Waals surface area contributed by atoms with Crippen molar-refractivity contribution in [3.63, 3.8) is 0 Å². The molecule has 0 spiro atoms. The minimum Gasteiger partial charge on any atom is -0.495 e. The third-order valence-corrected chi connectivity index (χ3v) is 3.63. The molecule has 1 heterocycles. The Labute approximate surface area is 100 Å². The molecule has 0 aliphatic carbocycles. The highest BCUT2D eigenvalue weighted by Gasteiger charge is 2.09. The van der Waals surface area contributed by atoms with Crippen molar-refractivity contribution >= 4 is 21.6 Å². The van der Waals surface area contributed by atoms with Crippen LogP contribution in [0.5, 0.6) is 5.75 Å². The molecule has 0 bridgehead atoms. The van der Waals surface area contributed by atoms with E-state index >= 15 is 0 Å². The van der Waals surface area contributed by atoms with Crippen molar-refractivity contribution in [2.24, 2.45) is 0 Å². The first-order valence-corrected chi connectivity index (χ1v) is 6.64. The topological polar surface area (TPSA) is 22.1 Å². The van der Waals surface area contributed by atoms with Gasteiger partial charge in [0.1, 0.15) is 5.75 Å². The number of ether oxygens (including phenoxy) is 1. The average Bonchev–Trinajstić information content (AvgIpc) is 2.77. The summed E-state index contributed by atoms with van der Waals surface area (Å²) in [7, 11) is 1.75. The fourth-order valence-corrected chi connectivity index (χ4v) is 2.77. The average molecular weight is 235 g/mol. The van der Waals surface area contributed by atoms with Gasteiger partial charge >= 0.3 is 0 Å². The summed E-state index contributed by atoms with van der Waals surface area (Å²) in [4.78, 5) is 4.30. The summed E-state index contributed by atoms with van der Waals surface area (Å²) in [6, 6.07) is 4.24. The van der Waals surface area contributed by atoms with Crippen molar-refractivity contribution in [3.8, 4) is 5.75 Å². The lowest BCUT2D eigenvalue weighted by molar-refractivity contribution is 0.414. The molecule has 2 nitrogen and oxygen atoms in total. The zero-order valence-corrected chi connectivity index (χ0v) is 10.6. The maximum atomic E-state index is 5.52. The predicted molar refractivity (Wildman–Crippen MR) is 69.4 cm³/mol. The molecule has 86 valence electrons. The zero-order valence-electron chi connectivity index (χ0n) is 9.82. The number of aryl methyl sites for hydroxylation is 1. The van der Waals surface area contributed by atoms with Gasteiger partial charge in [-0.2, -0.15) is 0 Å². The van der Waals surface area contributed by atoms with Crippen molar-refractivity contribution in [1.29, 1.82) is 0 Å². The Kier molecular flexibility index (Phi) is 3.78. The first-order chi connectivity index (χ1) is 7.86. The van der Waals surface area contributed by atoms with Crippen molar-refractivity contribution in [1.82, 2.24) is 4.98 Å². The maximum Gasteiger partial charge on any atom is 0.141 e. The van der Waals surface area contributed by atoms with Crippen molar-refractivity contribution < 1.29 is 4.74 Å². The number of nitrogens with zero attached hydrogens (tertiary/aromatic N) is 1. The fourth-order valence-electron chi connectivity index (χ4n) is 1.93. The standard InChI is InChI=1S/C13H17NOS/c1-3-4-5-6-10-7-8-11-13(12(10)15-2)16-9-14-11/h7-9H,3-6H2,1-2H3. The van der Waals surface area contributed by atoms with Crippen LogP contribution in [0.15, 0.2) is 17.6 Å². The van der Waals surface area contributed by atoms with E-state index < -0.39 is 0 Å². The van der Waals surface area contributed by atoms with Gasteiger partial charge in [0.25, 0.3) is 0 Å². The van der Waals surface area contributed by atoms with Crippen LogP contribution >= 0.6 is 11.3 Å². The molecule has 0 saturated heterocycles. The van der Waals surface area contributed by atoms with Gasteiger partial charge in [0, 0.05) is 0 Å². The van der Waals surface area contributed by atoms with E-state index in [9.17, 15) is 0 Å². The summed E-state index contributed by atoms with van der Waals surface area (Å²) in [6.07, 6.45) is 4.87. The number of rotatable bonds is 5. The Morgan fingerprint density at radius 1 is 1.31 bits per heavy atom. The second-order valence-corrected chi connectivity index (χ2v) is 4.77. The Balaban J connectivity index is 2.29. The van der Waals surface area contributed by atoms with Crippen LogP contribution in [0.1, 0.15) is 31.7 Å². The Hall–Kier alpha value is -1.09. The molecule has 0 amide bonds. The number of hydrogen-bond donors (Lipinski definition) is 0. The normalized spacial score (nSPS) is 10.9. The van der Waals surface area contributed by atoms with E-state index in [2.05, 4.69) is 24.0 Å². The van der Waals surface area contributed by atoms with Gasteiger partial charge in [-0.25, -0.2) is 4.98 Å². The summed E-state index contributed by atoms with van der Waals surface area (Å²) in [5, 5.41) is 0. The van der Waals surface area contributed by atoms with Crippen LogP contribution in [0.3, 0.4) is 0 Å². The number of fused-ring (bicyclic) bond motifs is 1. The second-order valence-electron chi connectivity index (χ2n) is 3.92. The molecule has 1 aromatic heterocycles. The van der Waals surface area contributed by atoms with E-state index in [1.54, 1.807) is 18.4 Å². The summed E-state index contributed by atoms with van der Waals surface area (Å²) in [5.41, 5.74) is 4.23. The van der Waals surface area contributed by atoms with Gasteiger partial charge in [-0.3, -0.25) is 0 Å². The molecule has 0 unspecified atom stereocenters. The van der Waals surface area contributed by atoms with Crippen LogP contribution in [0.2, 0.25) is 0 Å². The summed E-state index contributed by atoms with van der Waals surface area (Å²) >= 11 is 1.66. The van der Waals surface area contributed by atoms with Crippen LogP contribution < -0.4 is 4.74 Å². The van der Waals surface area contributed by atoms with Gasteiger partial charge in [0.05, 0.1) is 22.8 Å². The smallest absolute Gasteiger partial charge is 0.141 e. The third-order valence-electron chi connectivity index (χ3n) is 2.79. The molecule has 0 aliphatic heterocycles. The minimum absolute atomic E-state index is 1.02. The van der Waals surface area contributed by atoms with Gasteiger partial charge in [-0.05, 0) is 24.5 Å². The van der Waals surface area contributed by atoms with Gasteiger partial charge in [-0.1, -0.05) is 25.8 Å². The SMILES string of the molecule is CCCCCc1ccc2ncsc2c1OC. The monoisotopic (exact) mass is 235 g/mol. The molecule has 0 aliphatic rings. The van der Waals surface area contributed by atoms with Gasteiger partial charge in [0.15, 0.2) is 0 Å². The van der Waals surface area contributed by atoms with Crippen molar-refractivity contribution in [3.05, 3.63) is 23.2 Å². The summed E-state index contributed by atoms with van der Waals surface area (Å²) in [5.74, 6) is 1.02. The van der Waals surface area contributed by atoms with E-state index in [4.69, 9.17) is 4.74 Å². The maximum absolute atomic E-state index is 5.52. The molecule has 0 fully saturated rings. The molecule has 16 heavy (non-hydrogen) atoms.